The summed E-state index contributed by atoms with van der Waals surface area (Å²) >= 11 is 0. The molecule has 1 aliphatic rings. The molecule has 0 saturated heterocycles. The van der Waals surface area contributed by atoms with Crippen molar-refractivity contribution in [3.05, 3.63) is 59.7 Å². The molecular weight excluding hydrogens is 312 g/mol. The number of carbonyl (C=O) groups excluding carboxylic acids is 1. The molecule has 0 fully saturated rings. The monoisotopic (exact) mass is 331 g/mol. The van der Waals surface area contributed by atoms with Gasteiger partial charge in [-0.2, -0.15) is 0 Å². The van der Waals surface area contributed by atoms with Crippen LogP contribution in [0, 0.1) is 11.6 Å². The molecule has 1 aliphatic heterocycles. The summed E-state index contributed by atoms with van der Waals surface area (Å²) in [6.45, 7) is 2.02. The predicted octanol–water partition coefficient (Wildman–Crippen LogP) is 3.54. The van der Waals surface area contributed by atoms with Crippen LogP contribution in [-0.4, -0.2) is 25.7 Å². The Balaban J connectivity index is 1.52. The average Bonchev–Trinajstić information content (AvgIpc) is 2.58. The molecule has 2 aromatic carbocycles. The SMILES string of the molecule is O=C(NCCN1CCCc2ccccc21)Nc1cc(F)ccc1F. The van der Waals surface area contributed by atoms with Gasteiger partial charge in [0.1, 0.15) is 11.6 Å². The lowest BCUT2D eigenvalue weighted by molar-refractivity contribution is 0.252. The number of nitrogens with one attached hydrogen (secondary N) is 2. The van der Waals surface area contributed by atoms with Gasteiger partial charge in [-0.1, -0.05) is 18.2 Å². The maximum Gasteiger partial charge on any atom is 0.319 e. The molecule has 0 saturated carbocycles. The smallest absolute Gasteiger partial charge is 0.319 e. The number of fused-ring (bicyclic) bond motifs is 1. The predicted molar refractivity (Wildman–Crippen MR) is 90.4 cm³/mol. The van der Waals surface area contributed by atoms with E-state index < -0.39 is 17.7 Å². The molecule has 2 N–H and O–H groups in total. The maximum absolute atomic E-state index is 13.5. The Bertz CT molecular complexity index is 736. The number of aryl methyl sites for hydroxylation is 1. The number of amides is 2. The minimum absolute atomic E-state index is 0.171. The van der Waals surface area contributed by atoms with E-state index in [1.807, 2.05) is 12.1 Å². The summed E-state index contributed by atoms with van der Waals surface area (Å²) in [4.78, 5) is 14.1. The third kappa shape index (κ3) is 3.82. The summed E-state index contributed by atoms with van der Waals surface area (Å²) in [6, 6.07) is 10.6. The molecule has 0 aliphatic carbocycles. The summed E-state index contributed by atoms with van der Waals surface area (Å²) < 4.78 is 26.6. The number of benzene rings is 2. The number of hydrogen-bond acceptors (Lipinski definition) is 2. The van der Waals surface area contributed by atoms with Crippen LogP contribution in [-0.2, 0) is 6.42 Å². The lowest BCUT2D eigenvalue weighted by atomic mass is 10.0. The Kier molecular flexibility index (Phi) is 4.93. The number of halogens is 2. The van der Waals surface area contributed by atoms with Crippen molar-refractivity contribution in [2.75, 3.05) is 29.9 Å². The first-order chi connectivity index (χ1) is 11.6. The van der Waals surface area contributed by atoms with Gasteiger partial charge in [0.25, 0.3) is 0 Å². The average molecular weight is 331 g/mol. The van der Waals surface area contributed by atoms with Gasteiger partial charge in [0.15, 0.2) is 0 Å². The third-order valence-corrected chi connectivity index (χ3v) is 4.05. The van der Waals surface area contributed by atoms with Crippen molar-refractivity contribution >= 4 is 17.4 Å². The van der Waals surface area contributed by atoms with Crippen LogP contribution in [0.15, 0.2) is 42.5 Å². The van der Waals surface area contributed by atoms with E-state index in [4.69, 9.17) is 0 Å². The van der Waals surface area contributed by atoms with E-state index in [0.29, 0.717) is 13.1 Å². The van der Waals surface area contributed by atoms with Crippen molar-refractivity contribution < 1.29 is 13.6 Å². The van der Waals surface area contributed by atoms with E-state index in [0.717, 1.165) is 37.6 Å². The number of anilines is 2. The Hall–Kier alpha value is -2.63. The normalized spacial score (nSPS) is 13.3. The fourth-order valence-electron chi connectivity index (χ4n) is 2.91. The van der Waals surface area contributed by atoms with Crippen molar-refractivity contribution in [1.82, 2.24) is 5.32 Å². The summed E-state index contributed by atoms with van der Waals surface area (Å²) in [5.41, 5.74) is 2.34. The zero-order chi connectivity index (χ0) is 16.9. The third-order valence-electron chi connectivity index (χ3n) is 4.05. The van der Waals surface area contributed by atoms with Crippen LogP contribution in [0.4, 0.5) is 25.0 Å². The number of carbonyl (C=O) groups is 1. The lowest BCUT2D eigenvalue weighted by Gasteiger charge is -2.31. The molecule has 3 rings (SSSR count). The van der Waals surface area contributed by atoms with Crippen molar-refractivity contribution in [3.8, 4) is 0 Å². The van der Waals surface area contributed by atoms with Gasteiger partial charge in [-0.15, -0.1) is 0 Å². The molecule has 0 radical (unpaired) electrons. The number of hydrogen-bond donors (Lipinski definition) is 2. The van der Waals surface area contributed by atoms with Crippen molar-refractivity contribution in [2.45, 2.75) is 12.8 Å². The Morgan fingerprint density at radius 3 is 2.88 bits per heavy atom. The van der Waals surface area contributed by atoms with Crippen LogP contribution >= 0.6 is 0 Å². The molecule has 2 aromatic rings. The van der Waals surface area contributed by atoms with E-state index >= 15 is 0 Å². The van der Waals surface area contributed by atoms with Gasteiger partial charge < -0.3 is 15.5 Å². The highest BCUT2D eigenvalue weighted by molar-refractivity contribution is 5.89. The molecule has 24 heavy (non-hydrogen) atoms. The van der Waals surface area contributed by atoms with Gasteiger partial charge in [0.2, 0.25) is 0 Å². The molecule has 126 valence electrons. The highest BCUT2D eigenvalue weighted by Crippen LogP contribution is 2.26. The molecule has 6 heteroatoms. The number of para-hydroxylation sites is 1. The Labute approximate surface area is 139 Å². The highest BCUT2D eigenvalue weighted by atomic mass is 19.1. The second-order valence-corrected chi connectivity index (χ2v) is 5.72. The standard InChI is InChI=1S/C18H19F2N3O/c19-14-7-8-15(20)16(12-14)22-18(24)21-9-11-23-10-3-5-13-4-1-2-6-17(13)23/h1-2,4,6-8,12H,3,5,9-11H2,(H2,21,22,24). The van der Waals surface area contributed by atoms with Gasteiger partial charge in [0, 0.05) is 31.4 Å². The van der Waals surface area contributed by atoms with Gasteiger partial charge in [-0.05, 0) is 36.6 Å². The van der Waals surface area contributed by atoms with Crippen LogP contribution in [0.5, 0.6) is 0 Å². The number of urea groups is 1. The molecule has 0 spiro atoms. The largest absolute Gasteiger partial charge is 0.370 e. The number of nitrogens with zero attached hydrogens (tertiary/aromatic N) is 1. The van der Waals surface area contributed by atoms with E-state index in [-0.39, 0.29) is 5.69 Å². The minimum atomic E-state index is -0.670. The van der Waals surface area contributed by atoms with Crippen LogP contribution < -0.4 is 15.5 Å². The Morgan fingerprint density at radius 1 is 1.17 bits per heavy atom. The zero-order valence-corrected chi connectivity index (χ0v) is 13.2. The summed E-state index contributed by atoms with van der Waals surface area (Å²) in [7, 11) is 0. The van der Waals surface area contributed by atoms with Crippen molar-refractivity contribution in [1.29, 1.82) is 0 Å². The van der Waals surface area contributed by atoms with Crippen LogP contribution in [0.2, 0.25) is 0 Å². The zero-order valence-electron chi connectivity index (χ0n) is 13.2. The van der Waals surface area contributed by atoms with Crippen LogP contribution in [0.3, 0.4) is 0 Å². The molecule has 1 heterocycles. The topological polar surface area (TPSA) is 44.4 Å². The Morgan fingerprint density at radius 2 is 2.00 bits per heavy atom. The van der Waals surface area contributed by atoms with E-state index in [1.165, 1.54) is 11.3 Å². The quantitative estimate of drug-likeness (QED) is 0.900. The molecular formula is C18H19F2N3O. The highest BCUT2D eigenvalue weighted by Gasteiger charge is 2.16. The lowest BCUT2D eigenvalue weighted by Crippen LogP contribution is -2.39. The van der Waals surface area contributed by atoms with E-state index in [1.54, 1.807) is 0 Å². The van der Waals surface area contributed by atoms with Crippen LogP contribution in [0.1, 0.15) is 12.0 Å². The van der Waals surface area contributed by atoms with Crippen molar-refractivity contribution in [3.63, 3.8) is 0 Å². The molecule has 0 unspecified atom stereocenters. The second-order valence-electron chi connectivity index (χ2n) is 5.72. The number of rotatable bonds is 4. The molecule has 0 atom stereocenters. The molecule has 0 bridgehead atoms. The first-order valence-electron chi connectivity index (χ1n) is 7.96. The van der Waals surface area contributed by atoms with E-state index in [9.17, 15) is 13.6 Å². The fraction of sp³-hybridized carbons (Fsp3) is 0.278. The second kappa shape index (κ2) is 7.29. The minimum Gasteiger partial charge on any atom is -0.370 e. The van der Waals surface area contributed by atoms with E-state index in [2.05, 4.69) is 27.7 Å². The van der Waals surface area contributed by atoms with Gasteiger partial charge in [0.05, 0.1) is 5.69 Å². The summed E-state index contributed by atoms with van der Waals surface area (Å²) in [6.07, 6.45) is 2.15. The maximum atomic E-state index is 13.5. The van der Waals surface area contributed by atoms with Gasteiger partial charge in [-0.3, -0.25) is 0 Å². The van der Waals surface area contributed by atoms with Crippen LogP contribution in [0.25, 0.3) is 0 Å². The fourth-order valence-corrected chi connectivity index (χ4v) is 2.91. The first-order valence-corrected chi connectivity index (χ1v) is 7.96. The molecule has 4 nitrogen and oxygen atoms in total. The van der Waals surface area contributed by atoms with Gasteiger partial charge in [-0.25, -0.2) is 13.6 Å². The summed E-state index contributed by atoms with van der Waals surface area (Å²) in [5.74, 6) is -1.27. The first kappa shape index (κ1) is 16.2. The molecule has 2 amide bonds. The summed E-state index contributed by atoms with van der Waals surface area (Å²) in [5, 5.41) is 5.00. The van der Waals surface area contributed by atoms with Gasteiger partial charge >= 0.3 is 6.03 Å². The molecule has 0 aromatic heterocycles. The van der Waals surface area contributed by atoms with Crippen molar-refractivity contribution in [2.24, 2.45) is 0 Å².